The number of hydrogen-bond donors (Lipinski definition) is 1. The van der Waals surface area contributed by atoms with Gasteiger partial charge in [-0.2, -0.15) is 0 Å². The zero-order chi connectivity index (χ0) is 17.8. The van der Waals surface area contributed by atoms with Crippen molar-refractivity contribution >= 4 is 16.8 Å². The van der Waals surface area contributed by atoms with E-state index in [2.05, 4.69) is 5.32 Å². The summed E-state index contributed by atoms with van der Waals surface area (Å²) in [7, 11) is 3.14. The first-order valence-corrected chi connectivity index (χ1v) is 7.82. The number of amides is 1. The molecule has 0 aliphatic heterocycles. The number of halogens is 1. The van der Waals surface area contributed by atoms with Gasteiger partial charge in [0.25, 0.3) is 0 Å². The summed E-state index contributed by atoms with van der Waals surface area (Å²) in [5, 5.41) is 3.75. The van der Waals surface area contributed by atoms with E-state index in [1.165, 1.54) is 12.1 Å². The van der Waals surface area contributed by atoms with Crippen LogP contribution in [-0.2, 0) is 17.9 Å². The lowest BCUT2D eigenvalue weighted by molar-refractivity contribution is -0.121. The van der Waals surface area contributed by atoms with Gasteiger partial charge in [-0.25, -0.2) is 4.39 Å². The maximum absolute atomic E-state index is 13.4. The van der Waals surface area contributed by atoms with Crippen LogP contribution in [0.15, 0.2) is 48.7 Å². The van der Waals surface area contributed by atoms with Crippen LogP contribution in [0.3, 0.4) is 0 Å². The van der Waals surface area contributed by atoms with Gasteiger partial charge in [0.1, 0.15) is 12.4 Å². The Morgan fingerprint density at radius 1 is 1.08 bits per heavy atom. The van der Waals surface area contributed by atoms with Gasteiger partial charge in [-0.3, -0.25) is 4.79 Å². The van der Waals surface area contributed by atoms with Crippen LogP contribution >= 0.6 is 0 Å². The molecule has 0 unspecified atom stereocenters. The molecule has 1 aromatic heterocycles. The van der Waals surface area contributed by atoms with E-state index in [9.17, 15) is 9.18 Å². The van der Waals surface area contributed by atoms with Gasteiger partial charge in [0, 0.05) is 12.7 Å². The Kier molecular flexibility index (Phi) is 4.88. The van der Waals surface area contributed by atoms with Crippen molar-refractivity contribution in [3.05, 3.63) is 60.0 Å². The largest absolute Gasteiger partial charge is 0.493 e. The standard InChI is InChI=1S/C19H19FN2O3/c1-24-17-6-3-13(9-18(17)25-2)11-21-19(23)12-22-8-7-14-4-5-15(20)10-16(14)22/h3-10H,11-12H2,1-2H3,(H,21,23). The number of nitrogens with one attached hydrogen (secondary N) is 1. The molecule has 1 heterocycles. The second-order valence-corrected chi connectivity index (χ2v) is 5.61. The van der Waals surface area contributed by atoms with Gasteiger partial charge in [-0.05, 0) is 47.3 Å². The van der Waals surface area contributed by atoms with Gasteiger partial charge >= 0.3 is 0 Å². The predicted octanol–water partition coefficient (Wildman–Crippen LogP) is 3.11. The first-order chi connectivity index (χ1) is 12.1. The molecule has 1 N–H and O–H groups in total. The van der Waals surface area contributed by atoms with Crippen molar-refractivity contribution in [1.82, 2.24) is 9.88 Å². The third-order valence-electron chi connectivity index (χ3n) is 3.99. The fourth-order valence-electron chi connectivity index (χ4n) is 2.70. The summed E-state index contributed by atoms with van der Waals surface area (Å²) in [5.74, 6) is 0.772. The molecule has 0 atom stereocenters. The number of methoxy groups -OCH3 is 2. The number of carbonyl (C=O) groups is 1. The molecule has 5 nitrogen and oxygen atoms in total. The van der Waals surface area contributed by atoms with Crippen LogP contribution in [0.1, 0.15) is 5.56 Å². The van der Waals surface area contributed by atoms with E-state index >= 15 is 0 Å². The Morgan fingerprint density at radius 3 is 2.64 bits per heavy atom. The molecule has 25 heavy (non-hydrogen) atoms. The number of hydrogen-bond acceptors (Lipinski definition) is 3. The van der Waals surface area contributed by atoms with Crippen LogP contribution in [0.5, 0.6) is 11.5 Å². The first kappa shape index (κ1) is 16.8. The molecule has 0 aliphatic rings. The summed E-state index contributed by atoms with van der Waals surface area (Å²) in [6.45, 7) is 0.493. The summed E-state index contributed by atoms with van der Waals surface area (Å²) in [6, 6.07) is 11.9. The molecular formula is C19H19FN2O3. The van der Waals surface area contributed by atoms with E-state index in [-0.39, 0.29) is 18.3 Å². The van der Waals surface area contributed by atoms with Crippen LogP contribution < -0.4 is 14.8 Å². The number of benzene rings is 2. The van der Waals surface area contributed by atoms with Gasteiger partial charge in [0.15, 0.2) is 11.5 Å². The van der Waals surface area contributed by atoms with Crippen LogP contribution in [0.4, 0.5) is 4.39 Å². The minimum absolute atomic E-state index is 0.125. The summed E-state index contributed by atoms with van der Waals surface area (Å²) in [4.78, 5) is 12.2. The predicted molar refractivity (Wildman–Crippen MR) is 93.3 cm³/mol. The van der Waals surface area contributed by atoms with Crippen molar-refractivity contribution in [2.75, 3.05) is 14.2 Å². The number of rotatable bonds is 6. The van der Waals surface area contributed by atoms with E-state index in [0.717, 1.165) is 10.9 Å². The van der Waals surface area contributed by atoms with Crippen LogP contribution in [-0.4, -0.2) is 24.7 Å². The lowest BCUT2D eigenvalue weighted by Crippen LogP contribution is -2.26. The molecule has 1 amide bonds. The molecule has 0 spiro atoms. The van der Waals surface area contributed by atoms with Gasteiger partial charge in [-0.1, -0.05) is 6.07 Å². The Bertz CT molecular complexity index is 905. The van der Waals surface area contributed by atoms with Gasteiger partial charge < -0.3 is 19.4 Å². The Labute approximate surface area is 145 Å². The number of fused-ring (bicyclic) bond motifs is 1. The monoisotopic (exact) mass is 342 g/mol. The third-order valence-corrected chi connectivity index (χ3v) is 3.99. The molecule has 0 saturated carbocycles. The molecule has 0 bridgehead atoms. The Balaban J connectivity index is 1.65. The molecule has 3 aromatic rings. The molecule has 0 fully saturated rings. The molecule has 0 aliphatic carbocycles. The minimum Gasteiger partial charge on any atom is -0.493 e. The number of carbonyl (C=O) groups excluding carboxylic acids is 1. The van der Waals surface area contributed by atoms with Gasteiger partial charge in [0.2, 0.25) is 5.91 Å². The topological polar surface area (TPSA) is 52.5 Å². The quantitative estimate of drug-likeness (QED) is 0.749. The van der Waals surface area contributed by atoms with Crippen molar-refractivity contribution < 1.29 is 18.7 Å². The molecule has 0 radical (unpaired) electrons. The lowest BCUT2D eigenvalue weighted by Gasteiger charge is -2.11. The highest BCUT2D eigenvalue weighted by molar-refractivity contribution is 5.83. The molecule has 2 aromatic carbocycles. The van der Waals surface area contributed by atoms with Gasteiger partial charge in [0.05, 0.1) is 19.7 Å². The highest BCUT2D eigenvalue weighted by Crippen LogP contribution is 2.27. The molecule has 0 saturated heterocycles. The zero-order valence-corrected chi connectivity index (χ0v) is 14.1. The Hall–Kier alpha value is -3.02. The van der Waals surface area contributed by atoms with E-state index in [1.54, 1.807) is 37.1 Å². The van der Waals surface area contributed by atoms with Crippen molar-refractivity contribution in [3.63, 3.8) is 0 Å². The van der Waals surface area contributed by atoms with Crippen molar-refractivity contribution in [1.29, 1.82) is 0 Å². The second kappa shape index (κ2) is 7.25. The maximum Gasteiger partial charge on any atom is 0.240 e. The van der Waals surface area contributed by atoms with Crippen LogP contribution in [0, 0.1) is 5.82 Å². The highest BCUT2D eigenvalue weighted by Gasteiger charge is 2.09. The van der Waals surface area contributed by atoms with Crippen molar-refractivity contribution in [2.45, 2.75) is 13.1 Å². The Morgan fingerprint density at radius 2 is 1.88 bits per heavy atom. The van der Waals surface area contributed by atoms with E-state index in [4.69, 9.17) is 9.47 Å². The second-order valence-electron chi connectivity index (χ2n) is 5.61. The summed E-state index contributed by atoms with van der Waals surface area (Å²) < 4.78 is 25.6. The highest BCUT2D eigenvalue weighted by atomic mass is 19.1. The molecule has 3 rings (SSSR count). The molecule has 6 heteroatoms. The molecular weight excluding hydrogens is 323 g/mol. The van der Waals surface area contributed by atoms with E-state index < -0.39 is 0 Å². The minimum atomic E-state index is -0.321. The average Bonchev–Trinajstić information content (AvgIpc) is 3.01. The number of nitrogens with zero attached hydrogens (tertiary/aromatic N) is 1. The summed E-state index contributed by atoms with van der Waals surface area (Å²) >= 11 is 0. The van der Waals surface area contributed by atoms with Crippen molar-refractivity contribution in [2.24, 2.45) is 0 Å². The van der Waals surface area contributed by atoms with Crippen LogP contribution in [0.25, 0.3) is 10.9 Å². The maximum atomic E-state index is 13.4. The van der Waals surface area contributed by atoms with Crippen LogP contribution in [0.2, 0.25) is 0 Å². The number of ether oxygens (including phenoxy) is 2. The fraction of sp³-hybridized carbons (Fsp3) is 0.211. The molecule has 130 valence electrons. The number of aromatic nitrogens is 1. The third kappa shape index (κ3) is 3.74. The van der Waals surface area contributed by atoms with E-state index in [1.807, 2.05) is 18.2 Å². The normalized spacial score (nSPS) is 10.7. The fourth-order valence-corrected chi connectivity index (χ4v) is 2.70. The SMILES string of the molecule is COc1ccc(CNC(=O)Cn2ccc3ccc(F)cc32)cc1OC. The first-order valence-electron chi connectivity index (χ1n) is 7.82. The lowest BCUT2D eigenvalue weighted by atomic mass is 10.2. The van der Waals surface area contributed by atoms with Crippen molar-refractivity contribution in [3.8, 4) is 11.5 Å². The zero-order valence-electron chi connectivity index (χ0n) is 14.1. The smallest absolute Gasteiger partial charge is 0.240 e. The summed E-state index contributed by atoms with van der Waals surface area (Å²) in [6.07, 6.45) is 1.78. The average molecular weight is 342 g/mol. The van der Waals surface area contributed by atoms with Gasteiger partial charge in [-0.15, -0.1) is 0 Å². The van der Waals surface area contributed by atoms with E-state index in [0.29, 0.717) is 23.6 Å². The summed E-state index contributed by atoms with van der Waals surface area (Å²) in [5.41, 5.74) is 1.59.